The first kappa shape index (κ1) is 29.5. The van der Waals surface area contributed by atoms with Gasteiger partial charge < -0.3 is 9.64 Å². The second-order valence-corrected chi connectivity index (χ2v) is 11.0. The number of ether oxygens (including phenoxy) is 1. The fraction of sp³-hybridized carbons (Fsp3) is 0.464. The number of imidazole rings is 1. The minimum absolute atomic E-state index is 0.00138. The van der Waals surface area contributed by atoms with Crippen molar-refractivity contribution in [2.45, 2.75) is 59.9 Å². The van der Waals surface area contributed by atoms with Crippen molar-refractivity contribution in [2.75, 3.05) is 24.6 Å². The summed E-state index contributed by atoms with van der Waals surface area (Å²) in [5.41, 5.74) is 0.809. The van der Waals surface area contributed by atoms with E-state index in [4.69, 9.17) is 9.72 Å². The van der Waals surface area contributed by atoms with Crippen LogP contribution in [0, 0.1) is 28.6 Å². The molecule has 1 atom stereocenters. The summed E-state index contributed by atoms with van der Waals surface area (Å²) in [4.78, 5) is 24.1. The van der Waals surface area contributed by atoms with E-state index >= 15 is 0 Å². The first-order chi connectivity index (χ1) is 18.6. The first-order valence-electron chi connectivity index (χ1n) is 12.9. The highest BCUT2D eigenvalue weighted by molar-refractivity contribution is 7.16. The van der Waals surface area contributed by atoms with E-state index < -0.39 is 0 Å². The number of benzene rings is 1. The van der Waals surface area contributed by atoms with E-state index in [0.29, 0.717) is 25.5 Å². The summed E-state index contributed by atoms with van der Waals surface area (Å²) in [6, 6.07) is 13.6. The molecule has 2 heterocycles. The van der Waals surface area contributed by atoms with Gasteiger partial charge in [-0.05, 0) is 18.9 Å². The molecule has 1 unspecified atom stereocenters. The molecule has 204 valence electrons. The molecule has 39 heavy (non-hydrogen) atoms. The van der Waals surface area contributed by atoms with Crippen LogP contribution >= 0.6 is 11.3 Å². The molecule has 0 amide bonds. The van der Waals surface area contributed by atoms with Gasteiger partial charge in [0.1, 0.15) is 18.7 Å². The van der Waals surface area contributed by atoms with Crippen LogP contribution in [-0.4, -0.2) is 40.2 Å². The number of esters is 1. The topological polar surface area (TPSA) is 133 Å². The summed E-state index contributed by atoms with van der Waals surface area (Å²) in [6.45, 7) is 13.8. The van der Waals surface area contributed by atoms with Crippen LogP contribution in [0.1, 0.15) is 69.8 Å². The van der Waals surface area contributed by atoms with Crippen LogP contribution in [-0.2, 0) is 21.5 Å². The zero-order valence-corrected chi connectivity index (χ0v) is 24.1. The SMILES string of the molecule is CCC(C)C(=O)OCCN(CC)c1nc(/N=N/c2nc(C#N)c(C#N)n2Cc2ccccc2)c(C(C)(C)C)s1. The standard InChI is InChI=1S/C28H34N8O2S/c1-7-19(3)25(37)38-15-14-35(8-2)27-32-24(23(39-27)28(4,5)6)33-34-26-31-21(16-29)22(17-30)36(26)18-20-12-10-9-11-13-20/h9-13,19H,7-8,14-15,18H2,1-6H3/b34-33+. The number of nitriles is 2. The Bertz CT molecular complexity index is 1390. The van der Waals surface area contributed by atoms with Crippen molar-refractivity contribution in [1.82, 2.24) is 14.5 Å². The molecule has 0 aliphatic rings. The Balaban J connectivity index is 1.93. The maximum atomic E-state index is 12.1. The zero-order chi connectivity index (χ0) is 28.6. The quantitative estimate of drug-likeness (QED) is 0.205. The molecule has 2 aromatic heterocycles. The lowest BCUT2D eigenvalue weighted by Crippen LogP contribution is -2.28. The minimum atomic E-state index is -0.262. The number of carbonyl (C=O) groups excluding carboxylic acids is 1. The highest BCUT2D eigenvalue weighted by Crippen LogP contribution is 2.40. The van der Waals surface area contributed by atoms with Crippen molar-refractivity contribution in [3.8, 4) is 12.1 Å². The van der Waals surface area contributed by atoms with Crippen LogP contribution in [0.3, 0.4) is 0 Å². The van der Waals surface area contributed by atoms with Crippen molar-refractivity contribution in [1.29, 1.82) is 10.5 Å². The van der Waals surface area contributed by atoms with E-state index in [1.54, 1.807) is 4.57 Å². The molecule has 0 fully saturated rings. The Hall–Kier alpha value is -4.09. The lowest BCUT2D eigenvalue weighted by molar-refractivity contribution is -0.147. The molecular weight excluding hydrogens is 512 g/mol. The van der Waals surface area contributed by atoms with Gasteiger partial charge in [0.2, 0.25) is 0 Å². The number of carbonyl (C=O) groups is 1. The molecule has 0 spiro atoms. The molecule has 10 nitrogen and oxygen atoms in total. The molecule has 3 aromatic rings. The Kier molecular flexibility index (Phi) is 9.91. The van der Waals surface area contributed by atoms with Crippen molar-refractivity contribution < 1.29 is 9.53 Å². The lowest BCUT2D eigenvalue weighted by atomic mass is 9.95. The Morgan fingerprint density at radius 1 is 1.15 bits per heavy atom. The van der Waals surface area contributed by atoms with Crippen molar-refractivity contribution >= 4 is 34.2 Å². The number of aromatic nitrogens is 3. The smallest absolute Gasteiger partial charge is 0.308 e. The number of azo groups is 1. The van der Waals surface area contributed by atoms with Crippen LogP contribution < -0.4 is 4.90 Å². The average Bonchev–Trinajstić information content (AvgIpc) is 3.51. The molecule has 0 bridgehead atoms. The monoisotopic (exact) mass is 546 g/mol. The maximum absolute atomic E-state index is 12.1. The number of thiazole rings is 1. The molecule has 11 heteroatoms. The van der Waals surface area contributed by atoms with Gasteiger partial charge in [-0.15, -0.1) is 10.2 Å². The number of nitrogens with zero attached hydrogens (tertiary/aromatic N) is 8. The van der Waals surface area contributed by atoms with Crippen molar-refractivity contribution in [2.24, 2.45) is 16.1 Å². The summed E-state index contributed by atoms with van der Waals surface area (Å²) < 4.78 is 7.03. The second-order valence-electron chi connectivity index (χ2n) is 10.1. The zero-order valence-electron chi connectivity index (χ0n) is 23.3. The van der Waals surface area contributed by atoms with Gasteiger partial charge in [-0.25, -0.2) is 0 Å². The molecule has 0 saturated carbocycles. The van der Waals surface area contributed by atoms with E-state index in [1.807, 2.05) is 62.1 Å². The molecular formula is C28H34N8O2S. The number of anilines is 1. The fourth-order valence-electron chi connectivity index (χ4n) is 3.66. The van der Waals surface area contributed by atoms with E-state index in [2.05, 4.69) is 42.1 Å². The Morgan fingerprint density at radius 2 is 1.87 bits per heavy atom. The van der Waals surface area contributed by atoms with E-state index in [-0.39, 0.29) is 41.2 Å². The number of rotatable bonds is 11. The van der Waals surface area contributed by atoms with Gasteiger partial charge in [-0.2, -0.15) is 20.5 Å². The van der Waals surface area contributed by atoms with Crippen LogP contribution in [0.5, 0.6) is 0 Å². The van der Waals surface area contributed by atoms with E-state index in [0.717, 1.165) is 22.0 Å². The molecule has 0 aliphatic carbocycles. The van der Waals surface area contributed by atoms with Gasteiger partial charge in [0.25, 0.3) is 5.95 Å². The van der Waals surface area contributed by atoms with Gasteiger partial charge in [-0.1, -0.05) is 76.3 Å². The van der Waals surface area contributed by atoms with Gasteiger partial charge in [0.05, 0.1) is 23.9 Å². The number of hydrogen-bond acceptors (Lipinski definition) is 10. The molecule has 3 rings (SSSR count). The van der Waals surface area contributed by atoms with Crippen LogP contribution in [0.25, 0.3) is 0 Å². The number of likely N-dealkylation sites (N-methyl/N-ethyl adjacent to an activating group) is 1. The summed E-state index contributed by atoms with van der Waals surface area (Å²) in [7, 11) is 0. The van der Waals surface area contributed by atoms with Gasteiger partial charge in [-0.3, -0.25) is 9.36 Å². The predicted octanol–water partition coefficient (Wildman–Crippen LogP) is 6.26. The third kappa shape index (κ3) is 7.27. The van der Waals surface area contributed by atoms with Crippen LogP contribution in [0.2, 0.25) is 0 Å². The van der Waals surface area contributed by atoms with Crippen LogP contribution in [0.4, 0.5) is 16.9 Å². The summed E-state index contributed by atoms with van der Waals surface area (Å²) in [6.07, 6.45) is 0.738. The molecule has 0 aliphatic heterocycles. The number of hydrogen-bond donors (Lipinski definition) is 0. The lowest BCUT2D eigenvalue weighted by Gasteiger charge is -2.20. The van der Waals surface area contributed by atoms with Gasteiger partial charge in [0, 0.05) is 12.0 Å². The molecule has 0 radical (unpaired) electrons. The maximum Gasteiger partial charge on any atom is 0.308 e. The Labute approximate surface area is 233 Å². The third-order valence-corrected chi connectivity index (χ3v) is 7.66. The predicted molar refractivity (Wildman–Crippen MR) is 150 cm³/mol. The van der Waals surface area contributed by atoms with E-state index in [1.165, 1.54) is 11.3 Å². The van der Waals surface area contributed by atoms with Crippen LogP contribution in [0.15, 0.2) is 40.6 Å². The van der Waals surface area contributed by atoms with Gasteiger partial charge >= 0.3 is 5.97 Å². The second kappa shape index (κ2) is 13.1. The summed E-state index contributed by atoms with van der Waals surface area (Å²) in [5.74, 6) is 0.281. The largest absolute Gasteiger partial charge is 0.464 e. The fourth-order valence-corrected chi connectivity index (χ4v) is 4.81. The third-order valence-electron chi connectivity index (χ3n) is 6.13. The highest BCUT2D eigenvalue weighted by atomic mass is 32.1. The summed E-state index contributed by atoms with van der Waals surface area (Å²) in [5, 5.41) is 28.8. The molecule has 0 N–H and O–H groups in total. The summed E-state index contributed by atoms with van der Waals surface area (Å²) >= 11 is 1.52. The molecule has 0 saturated heterocycles. The highest BCUT2D eigenvalue weighted by Gasteiger charge is 2.26. The molecule has 1 aromatic carbocycles. The van der Waals surface area contributed by atoms with Crippen molar-refractivity contribution in [3.63, 3.8) is 0 Å². The normalized spacial score (nSPS) is 12.2. The van der Waals surface area contributed by atoms with Gasteiger partial charge in [0.15, 0.2) is 22.3 Å². The van der Waals surface area contributed by atoms with Crippen molar-refractivity contribution in [3.05, 3.63) is 52.2 Å². The first-order valence-corrected chi connectivity index (χ1v) is 13.7. The minimum Gasteiger partial charge on any atom is -0.464 e. The average molecular weight is 547 g/mol. The van der Waals surface area contributed by atoms with E-state index in [9.17, 15) is 15.3 Å². The Morgan fingerprint density at radius 3 is 2.46 bits per heavy atom.